The van der Waals surface area contributed by atoms with Crippen molar-refractivity contribution in [2.75, 3.05) is 20.1 Å². The predicted molar refractivity (Wildman–Crippen MR) is 163 cm³/mol. The first-order valence-corrected chi connectivity index (χ1v) is 15.4. The Morgan fingerprint density at radius 1 is 1.07 bits per heavy atom. The number of hydrogen-bond acceptors (Lipinski definition) is 5. The number of H-pyrrole nitrogens is 1. The van der Waals surface area contributed by atoms with Crippen LogP contribution in [0.4, 0.5) is 4.39 Å². The number of aromatic amines is 1. The molecule has 2 aliphatic heterocycles. The number of likely N-dealkylation sites (tertiary alicyclic amines) is 2. The van der Waals surface area contributed by atoms with Gasteiger partial charge in [-0.05, 0) is 75.0 Å². The van der Waals surface area contributed by atoms with Gasteiger partial charge in [-0.15, -0.1) is 0 Å². The number of aromatic nitrogens is 1. The van der Waals surface area contributed by atoms with Crippen molar-refractivity contribution < 1.29 is 18.8 Å². The largest absolute Gasteiger partial charge is 0.361 e. The number of carbonyl (C=O) groups is 3. The van der Waals surface area contributed by atoms with Gasteiger partial charge in [-0.25, -0.2) is 4.39 Å². The summed E-state index contributed by atoms with van der Waals surface area (Å²) in [6.45, 7) is 2.45. The second kappa shape index (κ2) is 11.7. The first kappa shape index (κ1) is 29.3. The molecule has 2 unspecified atom stereocenters. The highest BCUT2D eigenvalue weighted by Crippen LogP contribution is 2.49. The molecule has 3 fully saturated rings. The molecule has 5 atom stereocenters. The molecule has 3 aliphatic rings. The van der Waals surface area contributed by atoms with E-state index in [2.05, 4.69) is 15.6 Å². The molecule has 2 saturated heterocycles. The van der Waals surface area contributed by atoms with Crippen molar-refractivity contribution in [3.8, 4) is 0 Å². The first-order valence-electron chi connectivity index (χ1n) is 15.4. The van der Waals surface area contributed by atoms with Gasteiger partial charge >= 0.3 is 0 Å². The van der Waals surface area contributed by atoms with Crippen LogP contribution >= 0.6 is 0 Å². The maximum atomic E-state index is 14.7. The molecule has 1 aliphatic carbocycles. The van der Waals surface area contributed by atoms with Crippen molar-refractivity contribution in [1.29, 1.82) is 0 Å². The average Bonchev–Trinajstić information content (AvgIpc) is 3.69. The van der Waals surface area contributed by atoms with Gasteiger partial charge in [-0.2, -0.15) is 0 Å². The summed E-state index contributed by atoms with van der Waals surface area (Å²) < 4.78 is 14.1. The lowest BCUT2D eigenvalue weighted by atomic mass is 9.81. The summed E-state index contributed by atoms with van der Waals surface area (Å²) in [5.41, 5.74) is 8.26. The Morgan fingerprint density at radius 2 is 1.81 bits per heavy atom. The molecular formula is C33H41FN6O3. The molecule has 10 heteroatoms. The number of rotatable bonds is 7. The molecule has 1 saturated carbocycles. The number of halogens is 1. The highest BCUT2D eigenvalue weighted by atomic mass is 19.1. The molecule has 3 aromatic rings. The summed E-state index contributed by atoms with van der Waals surface area (Å²) in [5.74, 6) is -1.34. The Hall–Kier alpha value is -3.76. The van der Waals surface area contributed by atoms with Gasteiger partial charge < -0.3 is 31.2 Å². The van der Waals surface area contributed by atoms with Crippen LogP contribution in [0, 0.1) is 11.7 Å². The number of amides is 3. The molecule has 0 bridgehead atoms. The van der Waals surface area contributed by atoms with Crippen molar-refractivity contribution in [2.45, 2.75) is 75.2 Å². The van der Waals surface area contributed by atoms with Crippen molar-refractivity contribution in [1.82, 2.24) is 25.4 Å². The fourth-order valence-electron chi connectivity index (χ4n) is 7.61. The highest BCUT2D eigenvalue weighted by molar-refractivity contribution is 5.96. The molecule has 3 heterocycles. The number of carbonyl (C=O) groups excluding carboxylic acids is 3. The Morgan fingerprint density at radius 3 is 2.53 bits per heavy atom. The zero-order chi connectivity index (χ0) is 30.3. The molecule has 5 N–H and O–H groups in total. The van der Waals surface area contributed by atoms with E-state index in [1.54, 1.807) is 37.1 Å². The van der Waals surface area contributed by atoms with E-state index in [4.69, 9.17) is 5.73 Å². The number of nitrogens with one attached hydrogen (secondary N) is 3. The molecule has 43 heavy (non-hydrogen) atoms. The summed E-state index contributed by atoms with van der Waals surface area (Å²) in [7, 11) is 1.72. The van der Waals surface area contributed by atoms with E-state index in [-0.39, 0.29) is 29.5 Å². The Labute approximate surface area is 251 Å². The topological polar surface area (TPSA) is 124 Å². The van der Waals surface area contributed by atoms with Gasteiger partial charge in [-0.1, -0.05) is 37.5 Å². The zero-order valence-electron chi connectivity index (χ0n) is 24.8. The van der Waals surface area contributed by atoms with E-state index in [9.17, 15) is 18.8 Å². The van der Waals surface area contributed by atoms with E-state index in [0.29, 0.717) is 30.6 Å². The minimum atomic E-state index is -1.22. The average molecular weight is 589 g/mol. The van der Waals surface area contributed by atoms with E-state index in [1.165, 1.54) is 12.1 Å². The van der Waals surface area contributed by atoms with Crippen LogP contribution in [0.3, 0.4) is 0 Å². The molecule has 3 amide bonds. The van der Waals surface area contributed by atoms with Gasteiger partial charge in [-0.3, -0.25) is 14.4 Å². The SMILES string of the molecule is CN[C@@H](C)C(=O)NC(C(=O)N1CC[C@H]2N(C(=O)c3ccccc3)C[C@H](c3c[nH]c4cc(F)ccc34)C21N)C1CCCCC1. The lowest BCUT2D eigenvalue weighted by Crippen LogP contribution is -2.66. The van der Waals surface area contributed by atoms with Crippen LogP contribution in [-0.2, 0) is 9.59 Å². The molecule has 2 aromatic carbocycles. The van der Waals surface area contributed by atoms with Crippen LogP contribution in [0.15, 0.2) is 54.7 Å². The lowest BCUT2D eigenvalue weighted by molar-refractivity contribution is -0.142. The lowest BCUT2D eigenvalue weighted by Gasteiger charge is -2.42. The zero-order valence-corrected chi connectivity index (χ0v) is 24.8. The molecule has 6 rings (SSSR count). The van der Waals surface area contributed by atoms with Crippen molar-refractivity contribution >= 4 is 28.6 Å². The summed E-state index contributed by atoms with van der Waals surface area (Å²) in [4.78, 5) is 48.4. The van der Waals surface area contributed by atoms with E-state index >= 15 is 0 Å². The number of fused-ring (bicyclic) bond motifs is 2. The maximum Gasteiger partial charge on any atom is 0.254 e. The second-order valence-corrected chi connectivity index (χ2v) is 12.4. The molecule has 0 spiro atoms. The van der Waals surface area contributed by atoms with Crippen LogP contribution in [-0.4, -0.2) is 76.4 Å². The third-order valence-electron chi connectivity index (χ3n) is 10.1. The van der Waals surface area contributed by atoms with Gasteiger partial charge in [0.25, 0.3) is 5.91 Å². The summed E-state index contributed by atoms with van der Waals surface area (Å²) in [6.07, 6.45) is 7.20. The number of nitrogens with zero attached hydrogens (tertiary/aromatic N) is 2. The molecule has 228 valence electrons. The normalized spacial score (nSPS) is 25.5. The van der Waals surface area contributed by atoms with Gasteiger partial charge in [0.1, 0.15) is 17.5 Å². The van der Waals surface area contributed by atoms with Crippen molar-refractivity contribution in [3.63, 3.8) is 0 Å². The third kappa shape index (κ3) is 5.10. The second-order valence-electron chi connectivity index (χ2n) is 12.4. The standard InChI is InChI=1S/C33H41FN6O3/c1-20(36-2)30(41)38-29(21-9-5-3-6-10-21)32(43)40-16-15-28-33(40,35)26(19-39(28)31(42)22-11-7-4-8-12-22)25-18-37-27-17-23(34)13-14-24(25)27/h4,7-8,11-14,17-18,20-21,26,28-29,36-37H,3,5-6,9-10,15-16,19,35H2,1-2H3,(H,38,41)/t20-,26+,28+,29?,33?/m0/s1. The quantitative estimate of drug-likeness (QED) is 0.337. The minimum absolute atomic E-state index is 0.00915. The van der Waals surface area contributed by atoms with Crippen LogP contribution in [0.2, 0.25) is 0 Å². The fourth-order valence-corrected chi connectivity index (χ4v) is 7.61. The van der Waals surface area contributed by atoms with Crippen LogP contribution in [0.1, 0.15) is 67.3 Å². The maximum absolute atomic E-state index is 14.7. The van der Waals surface area contributed by atoms with Crippen LogP contribution in [0.5, 0.6) is 0 Å². The molecular weight excluding hydrogens is 547 g/mol. The smallest absolute Gasteiger partial charge is 0.254 e. The number of likely N-dealkylation sites (N-methyl/N-ethyl adjacent to an activating group) is 1. The predicted octanol–water partition coefficient (Wildman–Crippen LogP) is 3.48. The van der Waals surface area contributed by atoms with Crippen LogP contribution < -0.4 is 16.4 Å². The summed E-state index contributed by atoms with van der Waals surface area (Å²) in [5, 5.41) is 6.86. The van der Waals surface area contributed by atoms with Gasteiger partial charge in [0.2, 0.25) is 11.8 Å². The first-order chi connectivity index (χ1) is 20.7. The van der Waals surface area contributed by atoms with E-state index < -0.39 is 29.7 Å². The van der Waals surface area contributed by atoms with Crippen molar-refractivity contribution in [3.05, 3.63) is 71.7 Å². The molecule has 0 radical (unpaired) electrons. The van der Waals surface area contributed by atoms with Gasteiger partial charge in [0.15, 0.2) is 0 Å². The summed E-state index contributed by atoms with van der Waals surface area (Å²) in [6, 6.07) is 12.1. The number of hydrogen-bond donors (Lipinski definition) is 4. The fraction of sp³-hybridized carbons (Fsp3) is 0.485. The van der Waals surface area contributed by atoms with Crippen molar-refractivity contribution in [2.24, 2.45) is 11.7 Å². The van der Waals surface area contributed by atoms with Gasteiger partial charge in [0, 0.05) is 41.7 Å². The molecule has 9 nitrogen and oxygen atoms in total. The van der Waals surface area contributed by atoms with Crippen LogP contribution in [0.25, 0.3) is 10.9 Å². The Balaban J connectivity index is 1.41. The summed E-state index contributed by atoms with van der Waals surface area (Å²) >= 11 is 0. The third-order valence-corrected chi connectivity index (χ3v) is 10.1. The van der Waals surface area contributed by atoms with E-state index in [1.807, 2.05) is 29.3 Å². The van der Waals surface area contributed by atoms with Gasteiger partial charge in [0.05, 0.1) is 12.1 Å². The Bertz CT molecular complexity index is 1500. The number of benzene rings is 2. The monoisotopic (exact) mass is 588 g/mol. The van der Waals surface area contributed by atoms with E-state index in [0.717, 1.165) is 43.1 Å². The Kier molecular flexibility index (Phi) is 8.00. The minimum Gasteiger partial charge on any atom is -0.361 e. The molecule has 1 aromatic heterocycles. The number of nitrogens with two attached hydrogens (primary N) is 1. The highest BCUT2D eigenvalue weighted by Gasteiger charge is 2.62.